The van der Waals surface area contributed by atoms with E-state index in [2.05, 4.69) is 0 Å². The fourth-order valence-corrected chi connectivity index (χ4v) is 2.70. The van der Waals surface area contributed by atoms with E-state index in [1.165, 1.54) is 31.3 Å². The van der Waals surface area contributed by atoms with Crippen LogP contribution in [0.3, 0.4) is 0 Å². The lowest BCUT2D eigenvalue weighted by Gasteiger charge is -2.28. The maximum Gasteiger partial charge on any atom is 0.244 e. The van der Waals surface area contributed by atoms with Crippen molar-refractivity contribution in [3.63, 3.8) is 0 Å². The van der Waals surface area contributed by atoms with E-state index in [1.54, 1.807) is 13.8 Å². The first kappa shape index (κ1) is 14.0. The maximum atomic E-state index is 12.2. The van der Waals surface area contributed by atoms with Gasteiger partial charge in [-0.15, -0.1) is 0 Å². The lowest BCUT2D eigenvalue weighted by Crippen LogP contribution is -2.43. The molecule has 0 heterocycles. The van der Waals surface area contributed by atoms with Gasteiger partial charge in [0.1, 0.15) is 5.54 Å². The molecular formula is C11H13ClN2O2S. The number of halogens is 1. The molecule has 1 aromatic rings. The van der Waals surface area contributed by atoms with Crippen LogP contribution in [0.2, 0.25) is 5.02 Å². The van der Waals surface area contributed by atoms with E-state index in [9.17, 15) is 8.42 Å². The summed E-state index contributed by atoms with van der Waals surface area (Å²) in [5, 5.41) is 9.41. The first-order chi connectivity index (χ1) is 7.71. The van der Waals surface area contributed by atoms with Crippen LogP contribution in [-0.2, 0) is 10.0 Å². The molecule has 0 aromatic heterocycles. The van der Waals surface area contributed by atoms with Crippen LogP contribution in [0.5, 0.6) is 0 Å². The van der Waals surface area contributed by atoms with Crippen LogP contribution in [0.1, 0.15) is 13.8 Å². The SMILES string of the molecule is CN(C(C)(C)C#N)S(=O)(=O)c1ccc(Cl)cc1. The third kappa shape index (κ3) is 2.78. The molecular weight excluding hydrogens is 260 g/mol. The summed E-state index contributed by atoms with van der Waals surface area (Å²) in [7, 11) is -2.29. The molecule has 0 spiro atoms. The van der Waals surface area contributed by atoms with Crippen molar-refractivity contribution in [1.29, 1.82) is 5.26 Å². The van der Waals surface area contributed by atoms with E-state index in [1.807, 2.05) is 6.07 Å². The van der Waals surface area contributed by atoms with Gasteiger partial charge >= 0.3 is 0 Å². The van der Waals surface area contributed by atoms with Gasteiger partial charge in [-0.25, -0.2) is 8.42 Å². The smallest absolute Gasteiger partial charge is 0.207 e. The van der Waals surface area contributed by atoms with Crippen molar-refractivity contribution in [3.8, 4) is 6.07 Å². The third-order valence-electron chi connectivity index (χ3n) is 2.53. The van der Waals surface area contributed by atoms with E-state index in [0.717, 1.165) is 4.31 Å². The molecule has 0 aliphatic heterocycles. The Balaban J connectivity index is 3.22. The summed E-state index contributed by atoms with van der Waals surface area (Å²) in [6.45, 7) is 3.08. The third-order valence-corrected chi connectivity index (χ3v) is 4.83. The zero-order valence-corrected chi connectivity index (χ0v) is 11.4. The van der Waals surface area contributed by atoms with Crippen LogP contribution in [-0.4, -0.2) is 25.3 Å². The molecule has 0 fully saturated rings. The normalized spacial score (nSPS) is 12.5. The Labute approximate surface area is 106 Å². The molecule has 0 atom stereocenters. The molecule has 6 heteroatoms. The maximum absolute atomic E-state index is 12.2. The average molecular weight is 273 g/mol. The molecule has 1 rings (SSSR count). The van der Waals surface area contributed by atoms with E-state index >= 15 is 0 Å². The summed E-state index contributed by atoms with van der Waals surface area (Å²) in [5.74, 6) is 0. The minimum Gasteiger partial charge on any atom is -0.207 e. The predicted molar refractivity (Wildman–Crippen MR) is 66.1 cm³/mol. The minimum atomic E-state index is -3.67. The fourth-order valence-electron chi connectivity index (χ4n) is 1.14. The summed E-state index contributed by atoms with van der Waals surface area (Å²) in [4.78, 5) is 0.118. The Hall–Kier alpha value is -1.09. The fraction of sp³-hybridized carbons (Fsp3) is 0.364. The van der Waals surface area contributed by atoms with Gasteiger partial charge in [-0.2, -0.15) is 9.57 Å². The summed E-state index contributed by atoms with van der Waals surface area (Å²) >= 11 is 5.70. The zero-order chi connectivity index (χ0) is 13.3. The van der Waals surface area contributed by atoms with Gasteiger partial charge in [-0.3, -0.25) is 0 Å². The largest absolute Gasteiger partial charge is 0.244 e. The summed E-state index contributed by atoms with van der Waals surface area (Å²) < 4.78 is 25.4. The van der Waals surface area contributed by atoms with Crippen LogP contribution >= 0.6 is 11.6 Å². The number of hydrogen-bond donors (Lipinski definition) is 0. The highest BCUT2D eigenvalue weighted by Gasteiger charge is 2.33. The lowest BCUT2D eigenvalue weighted by atomic mass is 10.1. The standard InChI is InChI=1S/C11H13ClN2O2S/c1-11(2,8-13)14(3)17(15,16)10-6-4-9(12)5-7-10/h4-7H,1-3H3. The number of nitrogens with zero attached hydrogens (tertiary/aromatic N) is 2. The molecule has 92 valence electrons. The van der Waals surface area contributed by atoms with Gasteiger partial charge in [0.05, 0.1) is 11.0 Å². The predicted octanol–water partition coefficient (Wildman–Crippen LogP) is 2.26. The molecule has 4 nitrogen and oxygen atoms in total. The van der Waals surface area contributed by atoms with Crippen LogP contribution in [0.25, 0.3) is 0 Å². The Bertz CT molecular complexity index is 544. The van der Waals surface area contributed by atoms with Gasteiger partial charge < -0.3 is 0 Å². The number of benzene rings is 1. The minimum absolute atomic E-state index is 0.118. The Morgan fingerprint density at radius 3 is 2.18 bits per heavy atom. The van der Waals surface area contributed by atoms with Gasteiger partial charge in [0.2, 0.25) is 10.0 Å². The number of hydrogen-bond acceptors (Lipinski definition) is 3. The summed E-state index contributed by atoms with van der Waals surface area (Å²) in [6.07, 6.45) is 0. The van der Waals surface area contributed by atoms with Gasteiger partial charge in [0.15, 0.2) is 0 Å². The molecule has 0 N–H and O–H groups in total. The first-order valence-electron chi connectivity index (χ1n) is 4.87. The van der Waals surface area contributed by atoms with E-state index in [4.69, 9.17) is 16.9 Å². The summed E-state index contributed by atoms with van der Waals surface area (Å²) in [5.41, 5.74) is -1.10. The molecule has 0 amide bonds. The van der Waals surface area contributed by atoms with Gasteiger partial charge in [0.25, 0.3) is 0 Å². The van der Waals surface area contributed by atoms with E-state index in [0.29, 0.717) is 5.02 Å². The Morgan fingerprint density at radius 2 is 1.76 bits per heavy atom. The number of nitriles is 1. The summed E-state index contributed by atoms with van der Waals surface area (Å²) in [6, 6.07) is 7.79. The number of rotatable bonds is 3. The first-order valence-corrected chi connectivity index (χ1v) is 6.69. The molecule has 0 radical (unpaired) electrons. The van der Waals surface area contributed by atoms with Gasteiger partial charge in [-0.1, -0.05) is 11.6 Å². The zero-order valence-electron chi connectivity index (χ0n) is 9.81. The van der Waals surface area contributed by atoms with Crippen molar-refractivity contribution >= 4 is 21.6 Å². The van der Waals surface area contributed by atoms with Crippen molar-refractivity contribution in [3.05, 3.63) is 29.3 Å². The Morgan fingerprint density at radius 1 is 1.29 bits per heavy atom. The molecule has 0 aliphatic rings. The van der Waals surface area contributed by atoms with Crippen molar-refractivity contribution in [2.45, 2.75) is 24.3 Å². The van der Waals surface area contributed by atoms with Crippen LogP contribution in [0, 0.1) is 11.3 Å². The monoisotopic (exact) mass is 272 g/mol. The number of sulfonamides is 1. The molecule has 0 saturated carbocycles. The second kappa shape index (κ2) is 4.65. The highest BCUT2D eigenvalue weighted by Crippen LogP contribution is 2.23. The molecule has 0 bridgehead atoms. The van der Waals surface area contributed by atoms with Crippen LogP contribution in [0.4, 0.5) is 0 Å². The van der Waals surface area contributed by atoms with Gasteiger partial charge in [-0.05, 0) is 38.1 Å². The van der Waals surface area contributed by atoms with Gasteiger partial charge in [0, 0.05) is 12.1 Å². The van der Waals surface area contributed by atoms with E-state index in [-0.39, 0.29) is 4.90 Å². The molecule has 0 unspecified atom stereocenters. The highest BCUT2D eigenvalue weighted by atomic mass is 35.5. The second-order valence-corrected chi connectivity index (χ2v) is 6.50. The molecule has 0 aliphatic carbocycles. The van der Waals surface area contributed by atoms with Crippen molar-refractivity contribution in [2.75, 3.05) is 7.05 Å². The molecule has 1 aromatic carbocycles. The molecule has 0 saturated heterocycles. The van der Waals surface area contributed by atoms with Crippen LogP contribution < -0.4 is 0 Å². The molecule has 17 heavy (non-hydrogen) atoms. The van der Waals surface area contributed by atoms with Crippen LogP contribution in [0.15, 0.2) is 29.2 Å². The lowest BCUT2D eigenvalue weighted by molar-refractivity contribution is 0.337. The topological polar surface area (TPSA) is 61.2 Å². The van der Waals surface area contributed by atoms with Crippen molar-refractivity contribution in [2.24, 2.45) is 0 Å². The van der Waals surface area contributed by atoms with Crippen molar-refractivity contribution in [1.82, 2.24) is 4.31 Å². The quantitative estimate of drug-likeness (QED) is 0.848. The second-order valence-electron chi connectivity index (χ2n) is 4.10. The average Bonchev–Trinajstić information content (AvgIpc) is 2.28. The Kier molecular flexibility index (Phi) is 3.82. The van der Waals surface area contributed by atoms with Crippen molar-refractivity contribution < 1.29 is 8.42 Å². The van der Waals surface area contributed by atoms with E-state index < -0.39 is 15.6 Å². The highest BCUT2D eigenvalue weighted by molar-refractivity contribution is 7.89.